The second kappa shape index (κ2) is 7.85. The van der Waals surface area contributed by atoms with Gasteiger partial charge in [0.15, 0.2) is 0 Å². The summed E-state index contributed by atoms with van der Waals surface area (Å²) in [6.07, 6.45) is 0.707. The minimum Gasteiger partial charge on any atom is -0.495 e. The molecule has 1 amide bonds. The van der Waals surface area contributed by atoms with Gasteiger partial charge in [0.2, 0.25) is 5.91 Å². The average Bonchev–Trinajstić information content (AvgIpc) is 2.44. The second-order valence-corrected chi connectivity index (χ2v) is 5.27. The highest BCUT2D eigenvalue weighted by Gasteiger charge is 2.16. The molecule has 21 heavy (non-hydrogen) atoms. The molecule has 0 saturated carbocycles. The molecular formula is C15H24N2O4. The van der Waals surface area contributed by atoms with Crippen LogP contribution in [0, 0.1) is 0 Å². The van der Waals surface area contributed by atoms with Crippen LogP contribution in [0.5, 0.6) is 5.75 Å². The molecule has 0 radical (unpaired) electrons. The molecule has 0 atom stereocenters. The number of benzene rings is 1. The van der Waals surface area contributed by atoms with E-state index >= 15 is 0 Å². The monoisotopic (exact) mass is 296 g/mol. The van der Waals surface area contributed by atoms with Gasteiger partial charge in [-0.25, -0.2) is 0 Å². The Kier molecular flexibility index (Phi) is 6.45. The molecule has 1 aromatic rings. The minimum atomic E-state index is -0.256. The fraction of sp³-hybridized carbons (Fsp3) is 0.533. The van der Waals surface area contributed by atoms with Crippen LogP contribution < -0.4 is 15.8 Å². The normalized spacial score (nSPS) is 11.2. The number of carbonyl (C=O) groups excluding carboxylic acids is 1. The number of nitrogens with two attached hydrogens (primary N) is 1. The Morgan fingerprint density at radius 3 is 2.67 bits per heavy atom. The van der Waals surface area contributed by atoms with Crippen molar-refractivity contribution in [3.8, 4) is 5.75 Å². The molecule has 0 fully saturated rings. The summed E-state index contributed by atoms with van der Waals surface area (Å²) in [4.78, 5) is 11.8. The molecule has 6 nitrogen and oxygen atoms in total. The topological polar surface area (TPSA) is 82.8 Å². The quantitative estimate of drug-likeness (QED) is 0.566. The summed E-state index contributed by atoms with van der Waals surface area (Å²) in [5, 5.41) is 2.71. The Morgan fingerprint density at radius 2 is 2.05 bits per heavy atom. The van der Waals surface area contributed by atoms with Crippen molar-refractivity contribution in [1.82, 2.24) is 0 Å². The summed E-state index contributed by atoms with van der Waals surface area (Å²) in [7, 11) is 3.18. The molecule has 1 rings (SSSR count). The highest BCUT2D eigenvalue weighted by atomic mass is 16.5. The lowest BCUT2D eigenvalue weighted by molar-refractivity contribution is -0.121. The SMILES string of the molecule is COc1ccc(N)cc1NC(=O)COCCC(C)(C)OC. The van der Waals surface area contributed by atoms with Gasteiger partial charge in [0, 0.05) is 19.4 Å². The maximum Gasteiger partial charge on any atom is 0.250 e. The number of nitrogen functional groups attached to an aromatic ring is 1. The fourth-order valence-electron chi connectivity index (χ4n) is 1.59. The molecule has 0 aliphatic rings. The number of ether oxygens (including phenoxy) is 3. The highest BCUT2D eigenvalue weighted by molar-refractivity contribution is 5.93. The van der Waals surface area contributed by atoms with Crippen molar-refractivity contribution in [2.45, 2.75) is 25.9 Å². The molecule has 0 aromatic heterocycles. The number of amides is 1. The largest absolute Gasteiger partial charge is 0.495 e. The van der Waals surface area contributed by atoms with Crippen LogP contribution in [-0.4, -0.2) is 38.9 Å². The molecule has 0 spiro atoms. The molecule has 3 N–H and O–H groups in total. The maximum absolute atomic E-state index is 11.8. The molecule has 6 heteroatoms. The van der Waals surface area contributed by atoms with Crippen LogP contribution >= 0.6 is 0 Å². The van der Waals surface area contributed by atoms with E-state index in [0.717, 1.165) is 0 Å². The molecule has 0 heterocycles. The lowest BCUT2D eigenvalue weighted by Gasteiger charge is -2.22. The highest BCUT2D eigenvalue weighted by Crippen LogP contribution is 2.26. The minimum absolute atomic E-state index is 0.0300. The third kappa shape index (κ3) is 6.01. The Balaban J connectivity index is 2.42. The first kappa shape index (κ1) is 17.3. The molecule has 1 aromatic carbocycles. The van der Waals surface area contributed by atoms with Crippen LogP contribution in [0.3, 0.4) is 0 Å². The van der Waals surface area contributed by atoms with Crippen molar-refractivity contribution < 1.29 is 19.0 Å². The summed E-state index contributed by atoms with van der Waals surface area (Å²) >= 11 is 0. The van der Waals surface area contributed by atoms with E-state index in [-0.39, 0.29) is 18.1 Å². The number of rotatable bonds is 8. The van der Waals surface area contributed by atoms with Crippen LogP contribution in [0.2, 0.25) is 0 Å². The van der Waals surface area contributed by atoms with Gasteiger partial charge in [0.1, 0.15) is 12.4 Å². The maximum atomic E-state index is 11.8. The van der Waals surface area contributed by atoms with Gasteiger partial charge < -0.3 is 25.3 Å². The van der Waals surface area contributed by atoms with E-state index in [9.17, 15) is 4.79 Å². The number of hydrogen-bond acceptors (Lipinski definition) is 5. The van der Waals surface area contributed by atoms with Crippen molar-refractivity contribution in [3.05, 3.63) is 18.2 Å². The Morgan fingerprint density at radius 1 is 1.33 bits per heavy atom. The number of methoxy groups -OCH3 is 2. The Labute approximate surface area is 125 Å². The number of nitrogens with one attached hydrogen (secondary N) is 1. The van der Waals surface area contributed by atoms with E-state index < -0.39 is 0 Å². The van der Waals surface area contributed by atoms with E-state index in [1.165, 1.54) is 7.11 Å². The summed E-state index contributed by atoms with van der Waals surface area (Å²) in [5.41, 5.74) is 6.52. The molecule has 118 valence electrons. The summed E-state index contributed by atoms with van der Waals surface area (Å²) in [6, 6.07) is 5.05. The predicted octanol–water partition coefficient (Wildman–Crippen LogP) is 2.05. The predicted molar refractivity (Wildman–Crippen MR) is 82.6 cm³/mol. The van der Waals surface area contributed by atoms with Gasteiger partial charge in [-0.2, -0.15) is 0 Å². The van der Waals surface area contributed by atoms with Gasteiger partial charge in [-0.15, -0.1) is 0 Å². The van der Waals surface area contributed by atoms with E-state index in [4.69, 9.17) is 19.9 Å². The zero-order chi connectivity index (χ0) is 15.9. The Hall–Kier alpha value is -1.79. The van der Waals surface area contributed by atoms with Gasteiger partial charge in [0.05, 0.1) is 18.4 Å². The second-order valence-electron chi connectivity index (χ2n) is 5.27. The third-order valence-corrected chi connectivity index (χ3v) is 3.13. The first-order chi connectivity index (χ1) is 9.88. The van der Waals surface area contributed by atoms with Crippen molar-refractivity contribution in [3.63, 3.8) is 0 Å². The van der Waals surface area contributed by atoms with Gasteiger partial charge in [-0.3, -0.25) is 4.79 Å². The molecule has 0 bridgehead atoms. The number of anilines is 2. The van der Waals surface area contributed by atoms with Gasteiger partial charge in [0.25, 0.3) is 0 Å². The molecule has 0 saturated heterocycles. The van der Waals surface area contributed by atoms with Crippen molar-refractivity contribution in [2.75, 3.05) is 38.5 Å². The van der Waals surface area contributed by atoms with Crippen molar-refractivity contribution in [2.24, 2.45) is 0 Å². The van der Waals surface area contributed by atoms with E-state index in [1.54, 1.807) is 25.3 Å². The van der Waals surface area contributed by atoms with Gasteiger partial charge >= 0.3 is 0 Å². The molecule has 0 aliphatic carbocycles. The molecule has 0 unspecified atom stereocenters. The van der Waals surface area contributed by atoms with Gasteiger partial charge in [-0.1, -0.05) is 0 Å². The third-order valence-electron chi connectivity index (χ3n) is 3.13. The van der Waals surface area contributed by atoms with Crippen LogP contribution in [-0.2, 0) is 14.3 Å². The van der Waals surface area contributed by atoms with Gasteiger partial charge in [-0.05, 0) is 38.5 Å². The van der Waals surface area contributed by atoms with Crippen LogP contribution in [0.25, 0.3) is 0 Å². The molecular weight excluding hydrogens is 272 g/mol. The van der Waals surface area contributed by atoms with Crippen LogP contribution in [0.1, 0.15) is 20.3 Å². The number of hydrogen-bond donors (Lipinski definition) is 2. The lowest BCUT2D eigenvalue weighted by Crippen LogP contribution is -2.26. The standard InChI is InChI=1S/C15H24N2O4/c1-15(2,20-4)7-8-21-10-14(18)17-12-9-11(16)5-6-13(12)19-3/h5-6,9H,7-8,10,16H2,1-4H3,(H,17,18). The Bertz CT molecular complexity index is 475. The van der Waals surface area contributed by atoms with E-state index in [1.807, 2.05) is 13.8 Å². The fourth-order valence-corrected chi connectivity index (χ4v) is 1.59. The average molecular weight is 296 g/mol. The zero-order valence-electron chi connectivity index (χ0n) is 13.1. The summed E-state index contributed by atoms with van der Waals surface area (Å²) in [6.45, 7) is 4.35. The van der Waals surface area contributed by atoms with Crippen LogP contribution in [0.15, 0.2) is 18.2 Å². The summed E-state index contributed by atoms with van der Waals surface area (Å²) in [5.74, 6) is 0.298. The summed E-state index contributed by atoms with van der Waals surface area (Å²) < 4.78 is 15.8. The first-order valence-electron chi connectivity index (χ1n) is 6.74. The first-order valence-corrected chi connectivity index (χ1v) is 6.74. The number of carbonyl (C=O) groups is 1. The zero-order valence-corrected chi connectivity index (χ0v) is 13.1. The lowest BCUT2D eigenvalue weighted by atomic mass is 10.1. The van der Waals surface area contributed by atoms with E-state index in [0.29, 0.717) is 30.2 Å². The van der Waals surface area contributed by atoms with Crippen molar-refractivity contribution >= 4 is 17.3 Å². The molecule has 0 aliphatic heterocycles. The van der Waals surface area contributed by atoms with E-state index in [2.05, 4.69) is 5.32 Å². The van der Waals surface area contributed by atoms with Crippen molar-refractivity contribution in [1.29, 1.82) is 0 Å². The van der Waals surface area contributed by atoms with Crippen LogP contribution in [0.4, 0.5) is 11.4 Å². The smallest absolute Gasteiger partial charge is 0.250 e.